The Hall–Kier alpha value is -0.370. The highest BCUT2D eigenvalue weighted by Crippen LogP contribution is 2.44. The number of carbonyl (C=O) groups is 1. The molecular formula is C10H16O2. The predicted octanol–water partition coefficient (Wildman–Crippen LogP) is 1.37. The molecule has 2 aliphatic rings. The van der Waals surface area contributed by atoms with Gasteiger partial charge in [-0.05, 0) is 38.0 Å². The summed E-state index contributed by atoms with van der Waals surface area (Å²) in [6.07, 6.45) is 3.85. The van der Waals surface area contributed by atoms with Crippen LogP contribution in [-0.2, 0) is 4.79 Å². The SMILES string of the molecule is C[C@@H](O)[C@@H]1C(=O)C[C@@H]2CC[C@H]1C2. The number of ketones is 1. The van der Waals surface area contributed by atoms with E-state index in [1.165, 1.54) is 12.8 Å². The molecule has 0 spiro atoms. The third-order valence-corrected chi connectivity index (χ3v) is 3.47. The van der Waals surface area contributed by atoms with Crippen molar-refractivity contribution in [1.29, 1.82) is 0 Å². The van der Waals surface area contributed by atoms with E-state index in [0.717, 1.165) is 12.8 Å². The van der Waals surface area contributed by atoms with Gasteiger partial charge in [0.2, 0.25) is 0 Å². The van der Waals surface area contributed by atoms with Gasteiger partial charge in [0.25, 0.3) is 0 Å². The van der Waals surface area contributed by atoms with Gasteiger partial charge in [-0.25, -0.2) is 0 Å². The maximum absolute atomic E-state index is 11.5. The zero-order valence-corrected chi connectivity index (χ0v) is 7.49. The molecular weight excluding hydrogens is 152 g/mol. The van der Waals surface area contributed by atoms with Gasteiger partial charge in [0.15, 0.2) is 0 Å². The summed E-state index contributed by atoms with van der Waals surface area (Å²) in [4.78, 5) is 11.5. The first kappa shape index (κ1) is 8.24. The van der Waals surface area contributed by atoms with Crippen LogP contribution in [0.1, 0.15) is 32.6 Å². The highest BCUT2D eigenvalue weighted by atomic mass is 16.3. The molecule has 2 bridgehead atoms. The van der Waals surface area contributed by atoms with E-state index >= 15 is 0 Å². The Balaban J connectivity index is 2.15. The second kappa shape index (κ2) is 2.84. The lowest BCUT2D eigenvalue weighted by Gasteiger charge is -2.29. The van der Waals surface area contributed by atoms with E-state index in [9.17, 15) is 9.90 Å². The molecule has 2 fully saturated rings. The van der Waals surface area contributed by atoms with Crippen LogP contribution in [0.3, 0.4) is 0 Å². The lowest BCUT2D eigenvalue weighted by atomic mass is 9.76. The number of carbonyl (C=O) groups excluding carboxylic acids is 1. The van der Waals surface area contributed by atoms with Gasteiger partial charge in [0.05, 0.1) is 6.10 Å². The number of Topliss-reactive ketones (excluding diaryl/α,β-unsaturated/α-hetero) is 1. The molecule has 0 radical (unpaired) electrons. The highest BCUT2D eigenvalue weighted by molar-refractivity contribution is 5.83. The summed E-state index contributed by atoms with van der Waals surface area (Å²) in [6.45, 7) is 1.75. The van der Waals surface area contributed by atoms with Crippen LogP contribution >= 0.6 is 0 Å². The maximum atomic E-state index is 11.5. The number of rotatable bonds is 1. The molecule has 0 unspecified atom stereocenters. The lowest BCUT2D eigenvalue weighted by Crippen LogP contribution is -2.35. The molecule has 2 heteroatoms. The van der Waals surface area contributed by atoms with Crippen molar-refractivity contribution >= 4 is 5.78 Å². The molecule has 2 nitrogen and oxygen atoms in total. The molecule has 0 aromatic carbocycles. The molecule has 1 N–H and O–H groups in total. The third kappa shape index (κ3) is 1.18. The van der Waals surface area contributed by atoms with Crippen molar-refractivity contribution in [3.63, 3.8) is 0 Å². The van der Waals surface area contributed by atoms with Gasteiger partial charge in [-0.1, -0.05) is 0 Å². The van der Waals surface area contributed by atoms with E-state index in [1.807, 2.05) is 0 Å². The number of fused-ring (bicyclic) bond motifs is 2. The molecule has 0 amide bonds. The Morgan fingerprint density at radius 3 is 2.92 bits per heavy atom. The van der Waals surface area contributed by atoms with Crippen LogP contribution in [0.5, 0.6) is 0 Å². The number of hydrogen-bond acceptors (Lipinski definition) is 2. The molecule has 2 saturated carbocycles. The van der Waals surface area contributed by atoms with Crippen molar-refractivity contribution in [3.05, 3.63) is 0 Å². The van der Waals surface area contributed by atoms with Crippen molar-refractivity contribution in [2.24, 2.45) is 17.8 Å². The zero-order chi connectivity index (χ0) is 8.72. The molecule has 12 heavy (non-hydrogen) atoms. The summed E-state index contributed by atoms with van der Waals surface area (Å²) in [6, 6.07) is 0. The van der Waals surface area contributed by atoms with Crippen molar-refractivity contribution in [2.45, 2.75) is 38.7 Å². The molecule has 2 rings (SSSR count). The minimum Gasteiger partial charge on any atom is -0.393 e. The summed E-state index contributed by atoms with van der Waals surface area (Å²) < 4.78 is 0. The minimum atomic E-state index is -0.429. The standard InChI is InChI=1S/C10H16O2/c1-6(11)10-8-3-2-7(4-8)5-9(10)12/h6-8,10-11H,2-5H2,1H3/t6-,7-,8+,10+/m1/s1. The lowest BCUT2D eigenvalue weighted by molar-refractivity contribution is -0.131. The Kier molecular flexibility index (Phi) is 1.95. The monoisotopic (exact) mass is 168 g/mol. The van der Waals surface area contributed by atoms with Gasteiger partial charge in [-0.15, -0.1) is 0 Å². The van der Waals surface area contributed by atoms with Crippen molar-refractivity contribution in [1.82, 2.24) is 0 Å². The summed E-state index contributed by atoms with van der Waals surface area (Å²) in [5, 5.41) is 9.45. The van der Waals surface area contributed by atoms with E-state index in [-0.39, 0.29) is 5.92 Å². The van der Waals surface area contributed by atoms with Crippen LogP contribution in [0.15, 0.2) is 0 Å². The van der Waals surface area contributed by atoms with E-state index < -0.39 is 6.10 Å². The summed E-state index contributed by atoms with van der Waals surface area (Å²) in [5.74, 6) is 1.42. The average molecular weight is 168 g/mol. The van der Waals surface area contributed by atoms with Crippen LogP contribution < -0.4 is 0 Å². The summed E-state index contributed by atoms with van der Waals surface area (Å²) in [5.41, 5.74) is 0. The quantitative estimate of drug-likeness (QED) is 0.642. The molecule has 4 atom stereocenters. The largest absolute Gasteiger partial charge is 0.393 e. The van der Waals surface area contributed by atoms with Crippen molar-refractivity contribution in [3.8, 4) is 0 Å². The number of aliphatic hydroxyl groups is 1. The van der Waals surface area contributed by atoms with Crippen LogP contribution in [0.4, 0.5) is 0 Å². The predicted molar refractivity (Wildman–Crippen MR) is 45.6 cm³/mol. The molecule has 68 valence electrons. The van der Waals surface area contributed by atoms with Crippen molar-refractivity contribution < 1.29 is 9.90 Å². The fraction of sp³-hybridized carbons (Fsp3) is 0.900. The van der Waals surface area contributed by atoms with Gasteiger partial charge >= 0.3 is 0 Å². The topological polar surface area (TPSA) is 37.3 Å². The molecule has 0 heterocycles. The Morgan fingerprint density at radius 1 is 1.50 bits per heavy atom. The van der Waals surface area contributed by atoms with Crippen molar-refractivity contribution in [2.75, 3.05) is 0 Å². The van der Waals surface area contributed by atoms with Gasteiger partial charge in [-0.2, -0.15) is 0 Å². The first-order valence-electron chi connectivity index (χ1n) is 4.89. The Morgan fingerprint density at radius 2 is 2.25 bits per heavy atom. The third-order valence-electron chi connectivity index (χ3n) is 3.47. The average Bonchev–Trinajstić information content (AvgIpc) is 2.31. The Bertz CT molecular complexity index is 198. The first-order chi connectivity index (χ1) is 5.68. The van der Waals surface area contributed by atoms with E-state index in [2.05, 4.69) is 0 Å². The molecule has 0 saturated heterocycles. The fourth-order valence-corrected chi connectivity index (χ4v) is 2.97. The van der Waals surface area contributed by atoms with Crippen LogP contribution in [0.2, 0.25) is 0 Å². The van der Waals surface area contributed by atoms with Crippen LogP contribution in [0.25, 0.3) is 0 Å². The number of hydrogen-bond donors (Lipinski definition) is 1. The van der Waals surface area contributed by atoms with Gasteiger partial charge in [0.1, 0.15) is 5.78 Å². The molecule has 0 aliphatic heterocycles. The van der Waals surface area contributed by atoms with Gasteiger partial charge in [-0.3, -0.25) is 4.79 Å². The van der Waals surface area contributed by atoms with Gasteiger partial charge < -0.3 is 5.11 Å². The smallest absolute Gasteiger partial charge is 0.139 e. The maximum Gasteiger partial charge on any atom is 0.139 e. The highest BCUT2D eigenvalue weighted by Gasteiger charge is 2.42. The molecule has 0 aromatic heterocycles. The van der Waals surface area contributed by atoms with Crippen LogP contribution in [0, 0.1) is 17.8 Å². The van der Waals surface area contributed by atoms with E-state index in [0.29, 0.717) is 17.6 Å². The zero-order valence-electron chi connectivity index (χ0n) is 7.49. The summed E-state index contributed by atoms with van der Waals surface area (Å²) >= 11 is 0. The Labute approximate surface area is 73.0 Å². The minimum absolute atomic E-state index is 0.0382. The first-order valence-corrected chi connectivity index (χ1v) is 4.89. The van der Waals surface area contributed by atoms with E-state index in [4.69, 9.17) is 0 Å². The normalized spacial score (nSPS) is 43.2. The molecule has 0 aromatic rings. The number of aliphatic hydroxyl groups excluding tert-OH is 1. The van der Waals surface area contributed by atoms with Crippen LogP contribution in [-0.4, -0.2) is 17.0 Å². The molecule has 2 aliphatic carbocycles. The van der Waals surface area contributed by atoms with Gasteiger partial charge in [0, 0.05) is 12.3 Å². The van der Waals surface area contributed by atoms with E-state index in [1.54, 1.807) is 6.92 Å². The fourth-order valence-electron chi connectivity index (χ4n) is 2.97. The second-order valence-electron chi connectivity index (χ2n) is 4.38. The summed E-state index contributed by atoms with van der Waals surface area (Å²) in [7, 11) is 0. The second-order valence-corrected chi connectivity index (χ2v) is 4.38.